The van der Waals surface area contributed by atoms with E-state index in [1.807, 2.05) is 24.3 Å². The van der Waals surface area contributed by atoms with Crippen molar-refractivity contribution in [1.29, 1.82) is 0 Å². The zero-order valence-corrected chi connectivity index (χ0v) is 12.8. The van der Waals surface area contributed by atoms with E-state index in [-0.39, 0.29) is 0 Å². The fourth-order valence-corrected chi connectivity index (χ4v) is 3.31. The minimum absolute atomic E-state index is 0.489. The number of fused-ring (bicyclic) bond motifs is 3. The molecule has 0 amide bonds. The third-order valence-corrected chi connectivity index (χ3v) is 4.30. The summed E-state index contributed by atoms with van der Waals surface area (Å²) in [5, 5.41) is 14.8. The molecule has 0 heterocycles. The molecule has 0 unspecified atom stereocenters. The summed E-state index contributed by atoms with van der Waals surface area (Å²) in [5.41, 5.74) is 3.61. The highest BCUT2D eigenvalue weighted by molar-refractivity contribution is 5.79. The number of nitrogens with one attached hydrogen (secondary N) is 1. The Bertz CT molecular complexity index is 587. The van der Waals surface area contributed by atoms with Crippen molar-refractivity contribution in [2.75, 3.05) is 6.54 Å². The molecular formula is C19H23NO. The quantitative estimate of drug-likeness (QED) is 0.819. The molecule has 2 heteroatoms. The van der Waals surface area contributed by atoms with Crippen molar-refractivity contribution in [2.24, 2.45) is 0 Å². The van der Waals surface area contributed by atoms with Crippen molar-refractivity contribution in [3.63, 3.8) is 0 Å². The van der Waals surface area contributed by atoms with Crippen molar-refractivity contribution < 1.29 is 5.11 Å². The molecule has 0 atom stereocenters. The van der Waals surface area contributed by atoms with E-state index in [2.05, 4.69) is 43.4 Å². The van der Waals surface area contributed by atoms with E-state index < -0.39 is 5.60 Å². The summed E-state index contributed by atoms with van der Waals surface area (Å²) in [5.74, 6) is 0. The molecule has 21 heavy (non-hydrogen) atoms. The summed E-state index contributed by atoms with van der Waals surface area (Å²) in [6.07, 6.45) is 1.71. The van der Waals surface area contributed by atoms with Gasteiger partial charge in [-0.2, -0.15) is 0 Å². The highest BCUT2D eigenvalue weighted by atomic mass is 16.3. The van der Waals surface area contributed by atoms with Crippen LogP contribution in [0.25, 0.3) is 11.1 Å². The minimum atomic E-state index is -0.841. The van der Waals surface area contributed by atoms with Gasteiger partial charge in [0.15, 0.2) is 0 Å². The molecule has 0 bridgehead atoms. The van der Waals surface area contributed by atoms with Crippen LogP contribution in [0.2, 0.25) is 0 Å². The van der Waals surface area contributed by atoms with E-state index >= 15 is 0 Å². The van der Waals surface area contributed by atoms with Crippen molar-refractivity contribution in [2.45, 2.75) is 38.3 Å². The van der Waals surface area contributed by atoms with Gasteiger partial charge in [0.2, 0.25) is 0 Å². The fourth-order valence-electron chi connectivity index (χ4n) is 3.31. The third kappa shape index (κ3) is 2.50. The van der Waals surface area contributed by atoms with Crippen LogP contribution in [0.3, 0.4) is 0 Å². The summed E-state index contributed by atoms with van der Waals surface area (Å²) in [7, 11) is 0. The number of rotatable bonds is 5. The first-order chi connectivity index (χ1) is 10.1. The normalized spacial score (nSPS) is 15.0. The molecular weight excluding hydrogens is 258 g/mol. The van der Waals surface area contributed by atoms with E-state index in [0.29, 0.717) is 6.04 Å². The van der Waals surface area contributed by atoms with Crippen LogP contribution in [0.1, 0.15) is 37.8 Å². The smallest absolute Gasteiger partial charge is 0.116 e. The Morgan fingerprint density at radius 2 is 1.48 bits per heavy atom. The van der Waals surface area contributed by atoms with Gasteiger partial charge in [-0.05, 0) is 41.6 Å². The van der Waals surface area contributed by atoms with Crippen molar-refractivity contribution >= 4 is 0 Å². The van der Waals surface area contributed by atoms with Gasteiger partial charge < -0.3 is 10.4 Å². The Balaban J connectivity index is 1.90. The van der Waals surface area contributed by atoms with Crippen LogP contribution in [0.15, 0.2) is 48.5 Å². The van der Waals surface area contributed by atoms with Crippen LogP contribution < -0.4 is 5.32 Å². The number of benzene rings is 2. The second kappa shape index (κ2) is 5.63. The average molecular weight is 281 g/mol. The van der Waals surface area contributed by atoms with E-state index in [1.165, 1.54) is 11.1 Å². The minimum Gasteiger partial charge on any atom is -0.380 e. The first kappa shape index (κ1) is 14.3. The Kier molecular flexibility index (Phi) is 3.83. The van der Waals surface area contributed by atoms with Crippen LogP contribution in [0.5, 0.6) is 0 Å². The molecule has 2 N–H and O–H groups in total. The molecule has 1 aliphatic carbocycles. The lowest BCUT2D eigenvalue weighted by atomic mass is 9.87. The van der Waals surface area contributed by atoms with Gasteiger partial charge in [-0.3, -0.25) is 0 Å². The van der Waals surface area contributed by atoms with Crippen LogP contribution >= 0.6 is 0 Å². The Hall–Kier alpha value is -1.64. The van der Waals surface area contributed by atoms with E-state index in [1.54, 1.807) is 0 Å². The van der Waals surface area contributed by atoms with Gasteiger partial charge in [0.1, 0.15) is 5.60 Å². The van der Waals surface area contributed by atoms with Gasteiger partial charge in [0.05, 0.1) is 0 Å². The molecule has 0 aliphatic heterocycles. The van der Waals surface area contributed by atoms with Crippen LogP contribution in [0, 0.1) is 0 Å². The van der Waals surface area contributed by atoms with Crippen LogP contribution in [0.4, 0.5) is 0 Å². The zero-order valence-electron chi connectivity index (χ0n) is 12.8. The number of hydrogen-bond acceptors (Lipinski definition) is 2. The molecule has 110 valence electrons. The molecule has 0 saturated heterocycles. The monoisotopic (exact) mass is 281 g/mol. The second-order valence-electron chi connectivity index (χ2n) is 6.16. The standard InChI is InChI=1S/C19H23NO/c1-14(2)20-13-7-12-19(21)17-10-5-3-8-15(17)16-9-4-6-11-18(16)19/h3-6,8-11,14,20-21H,7,12-13H2,1-2H3. The Labute approximate surface area is 126 Å². The third-order valence-electron chi connectivity index (χ3n) is 4.30. The fraction of sp³-hybridized carbons (Fsp3) is 0.368. The highest BCUT2D eigenvalue weighted by Crippen LogP contribution is 2.49. The first-order valence-electron chi connectivity index (χ1n) is 7.78. The molecule has 0 spiro atoms. The van der Waals surface area contributed by atoms with Gasteiger partial charge >= 0.3 is 0 Å². The highest BCUT2D eigenvalue weighted by Gasteiger charge is 2.40. The van der Waals surface area contributed by atoms with Crippen LogP contribution in [-0.4, -0.2) is 17.7 Å². The molecule has 1 aliphatic rings. The molecule has 0 aromatic heterocycles. The second-order valence-corrected chi connectivity index (χ2v) is 6.16. The zero-order chi connectivity index (χ0) is 14.9. The van der Waals surface area contributed by atoms with Crippen molar-refractivity contribution in [3.05, 3.63) is 59.7 Å². The van der Waals surface area contributed by atoms with E-state index in [9.17, 15) is 5.11 Å². The summed E-state index contributed by atoms with van der Waals surface area (Å²) in [6, 6.07) is 16.9. The lowest BCUT2D eigenvalue weighted by Crippen LogP contribution is -2.28. The lowest BCUT2D eigenvalue weighted by Gasteiger charge is -2.26. The molecule has 0 radical (unpaired) electrons. The van der Waals surface area contributed by atoms with Crippen molar-refractivity contribution in [3.8, 4) is 11.1 Å². The van der Waals surface area contributed by atoms with E-state index in [0.717, 1.165) is 30.5 Å². The maximum Gasteiger partial charge on any atom is 0.116 e. The van der Waals surface area contributed by atoms with Gasteiger partial charge in [-0.1, -0.05) is 62.4 Å². The average Bonchev–Trinajstić information content (AvgIpc) is 2.75. The lowest BCUT2D eigenvalue weighted by molar-refractivity contribution is 0.0733. The molecule has 2 aromatic rings. The van der Waals surface area contributed by atoms with E-state index in [4.69, 9.17) is 0 Å². The largest absolute Gasteiger partial charge is 0.380 e. The molecule has 3 rings (SSSR count). The Morgan fingerprint density at radius 1 is 0.952 bits per heavy atom. The maximum atomic E-state index is 11.3. The number of hydrogen-bond donors (Lipinski definition) is 2. The molecule has 0 fully saturated rings. The predicted octanol–water partition coefficient (Wildman–Crippen LogP) is 3.68. The van der Waals surface area contributed by atoms with Gasteiger partial charge in [-0.15, -0.1) is 0 Å². The molecule has 2 aromatic carbocycles. The van der Waals surface area contributed by atoms with Crippen molar-refractivity contribution in [1.82, 2.24) is 5.32 Å². The summed E-state index contributed by atoms with van der Waals surface area (Å²) in [4.78, 5) is 0. The predicted molar refractivity (Wildman–Crippen MR) is 87.2 cm³/mol. The Morgan fingerprint density at radius 3 is 2.00 bits per heavy atom. The van der Waals surface area contributed by atoms with Gasteiger partial charge in [0.25, 0.3) is 0 Å². The molecule has 0 saturated carbocycles. The first-order valence-corrected chi connectivity index (χ1v) is 7.78. The number of aliphatic hydroxyl groups is 1. The molecule has 2 nitrogen and oxygen atoms in total. The summed E-state index contributed by atoms with van der Waals surface area (Å²) < 4.78 is 0. The summed E-state index contributed by atoms with van der Waals surface area (Å²) in [6.45, 7) is 5.23. The van der Waals surface area contributed by atoms with Crippen LogP contribution in [-0.2, 0) is 5.60 Å². The maximum absolute atomic E-state index is 11.3. The topological polar surface area (TPSA) is 32.3 Å². The van der Waals surface area contributed by atoms with Gasteiger partial charge in [-0.25, -0.2) is 0 Å². The SMILES string of the molecule is CC(C)NCCCC1(O)c2ccccc2-c2ccccc21. The van der Waals surface area contributed by atoms with Gasteiger partial charge in [0, 0.05) is 6.04 Å². The summed E-state index contributed by atoms with van der Waals surface area (Å²) >= 11 is 0.